The first-order chi connectivity index (χ1) is 11.1. The highest BCUT2D eigenvalue weighted by Crippen LogP contribution is 2.25. The molecule has 0 unspecified atom stereocenters. The number of nitrogens with zero attached hydrogens (tertiary/aromatic N) is 1. The van der Waals surface area contributed by atoms with E-state index in [0.717, 1.165) is 29.5 Å². The SMILES string of the molecule is Cc1ccc(S(=O)(=O)N2CCCC=C(c3ccccc3)C2)cc1. The molecule has 0 fully saturated rings. The Balaban J connectivity index is 1.90. The van der Waals surface area contributed by atoms with Crippen molar-refractivity contribution in [2.75, 3.05) is 13.1 Å². The standard InChI is InChI=1S/C19H21NO2S/c1-16-10-12-19(13-11-16)23(21,22)20-14-6-5-9-18(15-20)17-7-3-2-4-8-17/h2-4,7-13H,5-6,14-15H2,1H3. The van der Waals surface area contributed by atoms with E-state index in [9.17, 15) is 8.42 Å². The molecule has 0 aliphatic carbocycles. The average Bonchev–Trinajstić information content (AvgIpc) is 2.83. The zero-order valence-corrected chi connectivity index (χ0v) is 14.1. The summed E-state index contributed by atoms with van der Waals surface area (Å²) in [7, 11) is -3.45. The first-order valence-electron chi connectivity index (χ1n) is 7.89. The number of hydrogen-bond acceptors (Lipinski definition) is 2. The van der Waals surface area contributed by atoms with E-state index in [1.165, 1.54) is 0 Å². The minimum Gasteiger partial charge on any atom is -0.207 e. The molecule has 0 bridgehead atoms. The molecule has 1 aliphatic heterocycles. The van der Waals surface area contributed by atoms with Crippen LogP contribution in [-0.4, -0.2) is 25.8 Å². The van der Waals surface area contributed by atoms with Crippen molar-refractivity contribution in [3.8, 4) is 0 Å². The fourth-order valence-corrected chi connectivity index (χ4v) is 4.26. The lowest BCUT2D eigenvalue weighted by Crippen LogP contribution is -2.32. The van der Waals surface area contributed by atoms with E-state index in [2.05, 4.69) is 6.08 Å². The number of aryl methyl sites for hydroxylation is 1. The lowest BCUT2D eigenvalue weighted by atomic mass is 10.1. The van der Waals surface area contributed by atoms with Gasteiger partial charge in [-0.3, -0.25) is 0 Å². The van der Waals surface area contributed by atoms with Gasteiger partial charge in [-0.2, -0.15) is 4.31 Å². The second-order valence-corrected chi connectivity index (χ2v) is 7.83. The zero-order chi connectivity index (χ0) is 16.3. The summed E-state index contributed by atoms with van der Waals surface area (Å²) in [5, 5.41) is 0. The van der Waals surface area contributed by atoms with Crippen molar-refractivity contribution in [2.24, 2.45) is 0 Å². The summed E-state index contributed by atoms with van der Waals surface area (Å²) >= 11 is 0. The van der Waals surface area contributed by atoms with E-state index in [0.29, 0.717) is 18.0 Å². The smallest absolute Gasteiger partial charge is 0.207 e. The maximum atomic E-state index is 12.9. The van der Waals surface area contributed by atoms with Crippen molar-refractivity contribution in [1.82, 2.24) is 4.31 Å². The van der Waals surface area contributed by atoms with E-state index in [4.69, 9.17) is 0 Å². The molecule has 2 aromatic rings. The first kappa shape index (κ1) is 16.0. The van der Waals surface area contributed by atoms with Gasteiger partial charge in [0.05, 0.1) is 4.90 Å². The third kappa shape index (κ3) is 3.54. The van der Waals surface area contributed by atoms with E-state index >= 15 is 0 Å². The second-order valence-electron chi connectivity index (χ2n) is 5.89. The molecule has 3 rings (SSSR count). The molecular weight excluding hydrogens is 306 g/mol. The molecule has 4 heteroatoms. The molecule has 120 valence electrons. The van der Waals surface area contributed by atoms with E-state index in [1.807, 2.05) is 49.4 Å². The van der Waals surface area contributed by atoms with Crippen molar-refractivity contribution >= 4 is 15.6 Å². The van der Waals surface area contributed by atoms with Gasteiger partial charge < -0.3 is 0 Å². The highest BCUT2D eigenvalue weighted by Gasteiger charge is 2.26. The summed E-state index contributed by atoms with van der Waals surface area (Å²) in [4.78, 5) is 0.373. The number of rotatable bonds is 3. The van der Waals surface area contributed by atoms with E-state index < -0.39 is 10.0 Å². The summed E-state index contributed by atoms with van der Waals surface area (Å²) in [6.07, 6.45) is 3.92. The summed E-state index contributed by atoms with van der Waals surface area (Å²) in [6, 6.07) is 17.1. The lowest BCUT2D eigenvalue weighted by molar-refractivity contribution is 0.445. The molecule has 1 aliphatic rings. The molecule has 0 saturated carbocycles. The van der Waals surface area contributed by atoms with Gasteiger partial charge in [0.2, 0.25) is 10.0 Å². The van der Waals surface area contributed by atoms with Gasteiger partial charge in [-0.15, -0.1) is 0 Å². The van der Waals surface area contributed by atoms with Crippen LogP contribution in [0.3, 0.4) is 0 Å². The number of benzene rings is 2. The van der Waals surface area contributed by atoms with Gasteiger partial charge in [0.15, 0.2) is 0 Å². The van der Waals surface area contributed by atoms with Crippen LogP contribution in [0.1, 0.15) is 24.0 Å². The van der Waals surface area contributed by atoms with Crippen LogP contribution in [-0.2, 0) is 10.0 Å². The van der Waals surface area contributed by atoms with Crippen molar-refractivity contribution in [3.05, 3.63) is 71.8 Å². The Kier molecular flexibility index (Phi) is 4.64. The molecule has 0 atom stereocenters. The Bertz CT molecular complexity index is 793. The van der Waals surface area contributed by atoms with Gasteiger partial charge in [0, 0.05) is 13.1 Å². The van der Waals surface area contributed by atoms with Gasteiger partial charge in [-0.05, 0) is 43.0 Å². The predicted molar refractivity (Wildman–Crippen MR) is 93.6 cm³/mol. The molecule has 2 aromatic carbocycles. The molecule has 0 aromatic heterocycles. The fourth-order valence-electron chi connectivity index (χ4n) is 2.80. The quantitative estimate of drug-likeness (QED) is 0.858. The third-order valence-electron chi connectivity index (χ3n) is 4.15. The number of allylic oxidation sites excluding steroid dienone is 1. The van der Waals surface area contributed by atoms with Gasteiger partial charge in [0.1, 0.15) is 0 Å². The average molecular weight is 327 g/mol. The largest absolute Gasteiger partial charge is 0.243 e. The Morgan fingerprint density at radius 1 is 0.957 bits per heavy atom. The minimum atomic E-state index is -3.45. The fraction of sp³-hybridized carbons (Fsp3) is 0.263. The lowest BCUT2D eigenvalue weighted by Gasteiger charge is -2.22. The molecule has 3 nitrogen and oxygen atoms in total. The van der Waals surface area contributed by atoms with Crippen molar-refractivity contribution in [1.29, 1.82) is 0 Å². The molecule has 0 radical (unpaired) electrons. The van der Waals surface area contributed by atoms with Crippen LogP contribution in [0.2, 0.25) is 0 Å². The maximum absolute atomic E-state index is 12.9. The minimum absolute atomic E-state index is 0.373. The highest BCUT2D eigenvalue weighted by molar-refractivity contribution is 7.89. The van der Waals surface area contributed by atoms with Crippen LogP contribution in [0, 0.1) is 6.92 Å². The van der Waals surface area contributed by atoms with Crippen molar-refractivity contribution in [3.63, 3.8) is 0 Å². The molecule has 0 saturated heterocycles. The maximum Gasteiger partial charge on any atom is 0.243 e. The Morgan fingerprint density at radius 3 is 2.35 bits per heavy atom. The number of sulfonamides is 1. The normalized spacial score (nSPS) is 16.7. The Hall–Kier alpha value is -1.91. The molecule has 0 spiro atoms. The monoisotopic (exact) mass is 327 g/mol. The van der Waals surface area contributed by atoms with Crippen LogP contribution < -0.4 is 0 Å². The molecular formula is C19H21NO2S. The summed E-state index contributed by atoms with van der Waals surface area (Å²) in [5.41, 5.74) is 3.24. The van der Waals surface area contributed by atoms with Crippen LogP contribution >= 0.6 is 0 Å². The molecule has 1 heterocycles. The van der Waals surface area contributed by atoms with Crippen LogP contribution in [0.5, 0.6) is 0 Å². The summed E-state index contributed by atoms with van der Waals surface area (Å²) in [5.74, 6) is 0. The second kappa shape index (κ2) is 6.69. The van der Waals surface area contributed by atoms with Crippen molar-refractivity contribution in [2.45, 2.75) is 24.7 Å². The topological polar surface area (TPSA) is 37.4 Å². The first-order valence-corrected chi connectivity index (χ1v) is 9.33. The van der Waals surface area contributed by atoms with Gasteiger partial charge in [-0.25, -0.2) is 8.42 Å². The van der Waals surface area contributed by atoms with Crippen LogP contribution in [0.15, 0.2) is 65.6 Å². The van der Waals surface area contributed by atoms with Crippen LogP contribution in [0.25, 0.3) is 5.57 Å². The predicted octanol–water partition coefficient (Wildman–Crippen LogP) is 3.86. The Morgan fingerprint density at radius 2 is 1.65 bits per heavy atom. The van der Waals surface area contributed by atoms with Gasteiger partial charge in [-0.1, -0.05) is 54.1 Å². The highest BCUT2D eigenvalue weighted by atomic mass is 32.2. The number of hydrogen-bond donors (Lipinski definition) is 0. The van der Waals surface area contributed by atoms with E-state index in [-0.39, 0.29) is 0 Å². The molecule has 0 N–H and O–H groups in total. The summed E-state index contributed by atoms with van der Waals surface area (Å²) in [6.45, 7) is 2.95. The third-order valence-corrected chi connectivity index (χ3v) is 6.01. The van der Waals surface area contributed by atoms with Crippen LogP contribution in [0.4, 0.5) is 0 Å². The Labute approximate surface area is 138 Å². The molecule has 0 amide bonds. The van der Waals surface area contributed by atoms with Crippen molar-refractivity contribution < 1.29 is 8.42 Å². The van der Waals surface area contributed by atoms with Gasteiger partial charge >= 0.3 is 0 Å². The van der Waals surface area contributed by atoms with E-state index in [1.54, 1.807) is 16.4 Å². The zero-order valence-electron chi connectivity index (χ0n) is 13.3. The molecule has 23 heavy (non-hydrogen) atoms. The summed E-state index contributed by atoms with van der Waals surface area (Å²) < 4.78 is 27.5. The van der Waals surface area contributed by atoms with Gasteiger partial charge in [0.25, 0.3) is 0 Å².